The lowest BCUT2D eigenvalue weighted by Gasteiger charge is -2.00. The first-order valence-corrected chi connectivity index (χ1v) is 5.78. The van der Waals surface area contributed by atoms with Crippen LogP contribution in [0.2, 0.25) is 0 Å². The summed E-state index contributed by atoms with van der Waals surface area (Å²) in [7, 11) is 1.48. The van der Waals surface area contributed by atoms with E-state index < -0.39 is 0 Å². The summed E-state index contributed by atoms with van der Waals surface area (Å²) in [5.41, 5.74) is 1.26. The molecule has 3 aromatic rings. The first-order chi connectivity index (χ1) is 10.2. The Morgan fingerprint density at radius 1 is 1.43 bits per heavy atom. The summed E-state index contributed by atoms with van der Waals surface area (Å²) in [6.07, 6.45) is 1.61. The van der Waals surface area contributed by atoms with E-state index in [0.717, 1.165) is 0 Å². The largest absolute Gasteiger partial charge is 0.483 e. The number of fused-ring (bicyclic) bond motifs is 1. The van der Waals surface area contributed by atoms with Crippen molar-refractivity contribution < 1.29 is 19.0 Å². The van der Waals surface area contributed by atoms with Gasteiger partial charge in [0.05, 0.1) is 12.6 Å². The summed E-state index contributed by atoms with van der Waals surface area (Å²) < 4.78 is 18.5. The van der Waals surface area contributed by atoms with E-state index >= 15 is 0 Å². The van der Waals surface area contributed by atoms with Gasteiger partial charge >= 0.3 is 6.01 Å². The van der Waals surface area contributed by atoms with Crippen molar-refractivity contribution in [2.24, 2.45) is 0 Å². The summed E-state index contributed by atoms with van der Waals surface area (Å²) in [6.45, 7) is -0.250. The van der Waals surface area contributed by atoms with Gasteiger partial charge < -0.3 is 9.84 Å². The van der Waals surface area contributed by atoms with Crippen molar-refractivity contribution in [1.82, 2.24) is 20.2 Å². The van der Waals surface area contributed by atoms with E-state index in [1.807, 2.05) is 0 Å². The van der Waals surface area contributed by atoms with Crippen LogP contribution in [-0.2, 0) is 4.79 Å². The normalized spacial score (nSPS) is 9.81. The van der Waals surface area contributed by atoms with E-state index in [0.29, 0.717) is 22.3 Å². The molecule has 2 N–H and O–H groups in total. The maximum atomic E-state index is 13.6. The van der Waals surface area contributed by atoms with Crippen LogP contribution in [0.25, 0.3) is 22.3 Å². The van der Waals surface area contributed by atoms with Crippen molar-refractivity contribution in [2.45, 2.75) is 0 Å². The summed E-state index contributed by atoms with van der Waals surface area (Å²) in [5.74, 6) is 0.179. The van der Waals surface area contributed by atoms with Gasteiger partial charge in [-0.05, 0) is 18.2 Å². The zero-order valence-corrected chi connectivity index (χ0v) is 10.9. The number of carboxylic acid groups (broad SMARTS) is 1. The predicted octanol–water partition coefficient (Wildman–Crippen LogP) is 1.87. The highest BCUT2D eigenvalue weighted by molar-refractivity contribution is 5.82. The van der Waals surface area contributed by atoms with Crippen LogP contribution in [0.15, 0.2) is 30.5 Å². The Morgan fingerprint density at radius 3 is 2.86 bits per heavy atom. The highest BCUT2D eigenvalue weighted by atomic mass is 19.1. The lowest BCUT2D eigenvalue weighted by Crippen LogP contribution is -1.87. The molecule has 0 aliphatic carbocycles. The molecule has 0 aliphatic rings. The number of rotatable bonds is 2. The van der Waals surface area contributed by atoms with Crippen LogP contribution in [0.3, 0.4) is 0 Å². The van der Waals surface area contributed by atoms with Gasteiger partial charge in [-0.25, -0.2) is 4.39 Å². The second-order valence-corrected chi connectivity index (χ2v) is 3.81. The van der Waals surface area contributed by atoms with Gasteiger partial charge in [-0.1, -0.05) is 6.07 Å². The molecule has 0 bridgehead atoms. The molecule has 1 aromatic carbocycles. The highest BCUT2D eigenvalue weighted by Crippen LogP contribution is 2.22. The number of halogens is 1. The molecule has 3 rings (SSSR count). The SMILES string of the molecule is COc1n[nH]c(-c2cnc3cccc(F)c3c2)n1.O=CO. The smallest absolute Gasteiger partial charge is 0.335 e. The highest BCUT2D eigenvalue weighted by Gasteiger charge is 2.08. The Labute approximate surface area is 118 Å². The van der Waals surface area contributed by atoms with Crippen molar-refractivity contribution in [3.8, 4) is 17.4 Å². The molecular weight excluding hydrogens is 279 g/mol. The van der Waals surface area contributed by atoms with Crippen molar-refractivity contribution in [2.75, 3.05) is 7.11 Å². The molecule has 2 aromatic heterocycles. The van der Waals surface area contributed by atoms with Crippen molar-refractivity contribution in [3.05, 3.63) is 36.3 Å². The fourth-order valence-corrected chi connectivity index (χ4v) is 1.71. The maximum absolute atomic E-state index is 13.6. The Kier molecular flexibility index (Phi) is 4.39. The quantitative estimate of drug-likeness (QED) is 0.699. The Hall–Kier alpha value is -3.03. The number of aromatic nitrogens is 4. The molecule has 0 spiro atoms. The molecule has 8 heteroatoms. The minimum Gasteiger partial charge on any atom is -0.483 e. The Morgan fingerprint density at radius 2 is 2.19 bits per heavy atom. The van der Waals surface area contributed by atoms with Crippen LogP contribution in [-0.4, -0.2) is 38.9 Å². The molecule has 7 nitrogen and oxygen atoms in total. The van der Waals surface area contributed by atoms with Crippen LogP contribution in [0.4, 0.5) is 4.39 Å². The second-order valence-electron chi connectivity index (χ2n) is 3.81. The maximum Gasteiger partial charge on any atom is 0.335 e. The van der Waals surface area contributed by atoms with E-state index in [2.05, 4.69) is 20.2 Å². The number of H-pyrrole nitrogens is 1. The molecule has 21 heavy (non-hydrogen) atoms. The minimum absolute atomic E-state index is 0.235. The van der Waals surface area contributed by atoms with E-state index in [1.165, 1.54) is 13.2 Å². The van der Waals surface area contributed by atoms with Gasteiger partial charge in [-0.3, -0.25) is 14.9 Å². The molecule has 0 amide bonds. The molecule has 108 valence electrons. The zero-order chi connectivity index (χ0) is 15.2. The number of hydrogen-bond donors (Lipinski definition) is 2. The van der Waals surface area contributed by atoms with Crippen molar-refractivity contribution >= 4 is 17.4 Å². The van der Waals surface area contributed by atoms with Gasteiger partial charge in [0.15, 0.2) is 5.82 Å². The van der Waals surface area contributed by atoms with Crippen LogP contribution in [0.1, 0.15) is 0 Å². The van der Waals surface area contributed by atoms with Crippen LogP contribution in [0, 0.1) is 5.82 Å². The zero-order valence-electron chi connectivity index (χ0n) is 10.9. The predicted molar refractivity (Wildman–Crippen MR) is 72.3 cm³/mol. The monoisotopic (exact) mass is 290 g/mol. The van der Waals surface area contributed by atoms with E-state index in [-0.39, 0.29) is 18.3 Å². The molecular formula is C13H11FN4O3. The average Bonchev–Trinajstić information content (AvgIpc) is 2.97. The number of aromatic amines is 1. The molecule has 0 aliphatic heterocycles. The van der Waals surface area contributed by atoms with Gasteiger partial charge in [0.25, 0.3) is 6.47 Å². The molecule has 2 heterocycles. The third-order valence-corrected chi connectivity index (χ3v) is 2.59. The molecule has 0 atom stereocenters. The first kappa shape index (κ1) is 14.4. The van der Waals surface area contributed by atoms with Crippen LogP contribution < -0.4 is 4.74 Å². The van der Waals surface area contributed by atoms with Crippen molar-refractivity contribution in [3.63, 3.8) is 0 Å². The van der Waals surface area contributed by atoms with E-state index in [1.54, 1.807) is 24.4 Å². The molecule has 0 saturated heterocycles. The average molecular weight is 290 g/mol. The van der Waals surface area contributed by atoms with Crippen LogP contribution >= 0.6 is 0 Å². The standard InChI is InChI=1S/C12H9FN4O.CH2O2/c1-18-12-15-11(16-17-12)7-5-8-9(13)3-2-4-10(8)14-6-7;2-1-3/h2-6H,1H3,(H,15,16,17);1H,(H,2,3). The summed E-state index contributed by atoms with van der Waals surface area (Å²) in [4.78, 5) is 16.6. The van der Waals surface area contributed by atoms with E-state index in [9.17, 15) is 4.39 Å². The summed E-state index contributed by atoms with van der Waals surface area (Å²) in [6, 6.07) is 6.69. The fraction of sp³-hybridized carbons (Fsp3) is 0.0769. The Balaban J connectivity index is 0.000000497. The number of hydrogen-bond acceptors (Lipinski definition) is 5. The fourth-order valence-electron chi connectivity index (χ4n) is 1.71. The number of nitrogens with zero attached hydrogens (tertiary/aromatic N) is 3. The first-order valence-electron chi connectivity index (χ1n) is 5.78. The number of carbonyl (C=O) groups is 1. The number of benzene rings is 1. The summed E-state index contributed by atoms with van der Waals surface area (Å²) in [5, 5.41) is 13.9. The number of nitrogens with one attached hydrogen (secondary N) is 1. The third-order valence-electron chi connectivity index (χ3n) is 2.59. The summed E-state index contributed by atoms with van der Waals surface area (Å²) >= 11 is 0. The molecule has 0 fully saturated rings. The van der Waals surface area contributed by atoms with Gasteiger partial charge in [0.1, 0.15) is 5.82 Å². The molecule has 0 radical (unpaired) electrons. The van der Waals surface area contributed by atoms with Crippen molar-refractivity contribution in [1.29, 1.82) is 0 Å². The van der Waals surface area contributed by atoms with Gasteiger partial charge in [-0.15, -0.1) is 5.10 Å². The molecule has 0 saturated carbocycles. The van der Waals surface area contributed by atoms with Gasteiger partial charge in [0.2, 0.25) is 0 Å². The lowest BCUT2D eigenvalue weighted by molar-refractivity contribution is -0.122. The second kappa shape index (κ2) is 6.42. The number of methoxy groups -OCH3 is 1. The van der Waals surface area contributed by atoms with Crippen LogP contribution in [0.5, 0.6) is 6.01 Å². The lowest BCUT2D eigenvalue weighted by atomic mass is 10.1. The Bertz CT molecular complexity index is 760. The topological polar surface area (TPSA) is 101 Å². The van der Waals surface area contributed by atoms with Gasteiger partial charge in [0, 0.05) is 17.1 Å². The third kappa shape index (κ3) is 3.11. The minimum atomic E-state index is -0.312. The number of pyridine rings is 1. The van der Waals surface area contributed by atoms with Gasteiger partial charge in [-0.2, -0.15) is 4.98 Å². The number of ether oxygens (including phenoxy) is 1. The van der Waals surface area contributed by atoms with E-state index in [4.69, 9.17) is 14.6 Å². The molecule has 0 unspecified atom stereocenters.